The van der Waals surface area contributed by atoms with Gasteiger partial charge in [-0.25, -0.2) is 9.59 Å². The predicted molar refractivity (Wildman–Crippen MR) is 163 cm³/mol. The van der Waals surface area contributed by atoms with Crippen LogP contribution in [0.4, 0.5) is 5.69 Å². The smallest absolute Gasteiger partial charge is 0.337 e. The van der Waals surface area contributed by atoms with E-state index in [0.717, 1.165) is 18.1 Å². The number of aliphatic carboxylic acids is 1. The zero-order chi connectivity index (χ0) is 31.2. The summed E-state index contributed by atoms with van der Waals surface area (Å²) in [6.07, 6.45) is 4.38. The third-order valence-corrected chi connectivity index (χ3v) is 9.38. The Morgan fingerprint density at radius 2 is 1.81 bits per heavy atom. The van der Waals surface area contributed by atoms with Crippen molar-refractivity contribution in [2.24, 2.45) is 0 Å². The van der Waals surface area contributed by atoms with Crippen LogP contribution in [0.2, 0.25) is 0 Å². The molecule has 2 N–H and O–H groups in total. The van der Waals surface area contributed by atoms with E-state index in [4.69, 9.17) is 19.3 Å². The van der Waals surface area contributed by atoms with E-state index in [1.807, 2.05) is 21.6 Å². The van der Waals surface area contributed by atoms with Crippen molar-refractivity contribution in [1.29, 1.82) is 0 Å². The predicted octanol–water partition coefficient (Wildman–Crippen LogP) is 5.76. The summed E-state index contributed by atoms with van der Waals surface area (Å²) in [4.78, 5) is 46.8. The van der Waals surface area contributed by atoms with Crippen LogP contribution >= 0.6 is 21.6 Å². The van der Waals surface area contributed by atoms with Gasteiger partial charge in [0.1, 0.15) is 6.61 Å². The molecule has 1 aromatic carbocycles. The molecule has 0 aliphatic carbocycles. The lowest BCUT2D eigenvalue weighted by molar-refractivity contribution is -0.384. The van der Waals surface area contributed by atoms with Crippen LogP contribution in [0.25, 0.3) is 0 Å². The van der Waals surface area contributed by atoms with Crippen molar-refractivity contribution in [2.45, 2.75) is 77.1 Å². The minimum absolute atomic E-state index is 0.0300. The first-order chi connectivity index (χ1) is 20.0. The molecular weight excluding hydrogens is 584 g/mol. The molecule has 0 amide bonds. The highest BCUT2D eigenvalue weighted by molar-refractivity contribution is 8.77. The molecule has 0 bridgehead atoms. The second-order valence-electron chi connectivity index (χ2n) is 10.0. The number of carboxylic acids is 1. The van der Waals surface area contributed by atoms with Gasteiger partial charge in [0.15, 0.2) is 0 Å². The fourth-order valence-corrected chi connectivity index (χ4v) is 7.50. The Bertz CT molecular complexity index is 1180. The van der Waals surface area contributed by atoms with E-state index in [2.05, 4.69) is 5.32 Å². The first kappa shape index (κ1) is 35.2. The number of allylic oxidation sites excluding steroid dienone is 2. The molecule has 0 spiro atoms. The van der Waals surface area contributed by atoms with E-state index >= 15 is 0 Å². The highest BCUT2D eigenvalue weighted by Crippen LogP contribution is 2.41. The molecule has 2 heterocycles. The maximum absolute atomic E-state index is 12.9. The standard InChI is InChI=1S/C21H26N2O7.C8H14O2S2/c1-12(2)30-21(25)18-14(4)22-13(3)17(20(24)29-10-9-28-5)19(18)15-7-6-8-16(11-15)23(26)27;9-8(10)4-2-1-3-7-5-6-11-12-7/h6-8,11-12,19,22H,9-10H2,1-5H3;7H,1-6H2,(H,9,10). The van der Waals surface area contributed by atoms with Crippen LogP contribution in [-0.4, -0.2) is 65.4 Å². The van der Waals surface area contributed by atoms with E-state index in [1.54, 1.807) is 33.8 Å². The maximum Gasteiger partial charge on any atom is 0.337 e. The minimum Gasteiger partial charge on any atom is -0.481 e. The first-order valence-corrected chi connectivity index (χ1v) is 16.1. The van der Waals surface area contributed by atoms with E-state index in [-0.39, 0.29) is 36.2 Å². The van der Waals surface area contributed by atoms with Crippen molar-refractivity contribution in [3.63, 3.8) is 0 Å². The number of non-ortho nitro benzene ring substituents is 1. The third kappa shape index (κ3) is 11.0. The lowest BCUT2D eigenvalue weighted by atomic mass is 9.80. The number of unbranched alkanes of at least 4 members (excludes halogenated alkanes) is 1. The van der Waals surface area contributed by atoms with Crippen LogP contribution in [0.1, 0.15) is 71.3 Å². The van der Waals surface area contributed by atoms with Crippen LogP contribution < -0.4 is 5.32 Å². The van der Waals surface area contributed by atoms with Crippen molar-refractivity contribution in [2.75, 3.05) is 26.1 Å². The number of nitrogens with one attached hydrogen (secondary N) is 1. The molecule has 0 saturated carbocycles. The van der Waals surface area contributed by atoms with Gasteiger partial charge in [-0.3, -0.25) is 14.9 Å². The largest absolute Gasteiger partial charge is 0.481 e. The maximum atomic E-state index is 12.9. The topological polar surface area (TPSA) is 154 Å². The number of rotatable bonds is 13. The molecule has 3 rings (SSSR count). The summed E-state index contributed by atoms with van der Waals surface area (Å²) in [5, 5.41) is 23.5. The Hall–Kier alpha value is -3.03. The molecule has 2 unspecified atom stereocenters. The summed E-state index contributed by atoms with van der Waals surface area (Å²) >= 11 is 0. The summed E-state index contributed by atoms with van der Waals surface area (Å²) < 4.78 is 15.6. The number of carbonyl (C=O) groups is 3. The number of nitro benzene ring substituents is 1. The third-order valence-electron chi connectivity index (χ3n) is 6.37. The van der Waals surface area contributed by atoms with Gasteiger partial charge < -0.3 is 24.6 Å². The van der Waals surface area contributed by atoms with Crippen molar-refractivity contribution < 1.29 is 38.6 Å². The molecule has 2 aliphatic heterocycles. The zero-order valence-electron chi connectivity index (χ0n) is 24.7. The molecule has 1 aromatic rings. The van der Waals surface area contributed by atoms with Crippen LogP contribution in [-0.2, 0) is 28.6 Å². The summed E-state index contributed by atoms with van der Waals surface area (Å²) in [6.45, 7) is 7.05. The Morgan fingerprint density at radius 3 is 2.38 bits per heavy atom. The summed E-state index contributed by atoms with van der Waals surface area (Å²) in [5.74, 6) is -1.53. The van der Waals surface area contributed by atoms with Crippen LogP contribution in [0.3, 0.4) is 0 Å². The second-order valence-corrected chi connectivity index (χ2v) is 12.8. The second kappa shape index (κ2) is 17.8. The highest BCUT2D eigenvalue weighted by Gasteiger charge is 2.38. The van der Waals surface area contributed by atoms with Gasteiger partial charge in [-0.1, -0.05) is 40.1 Å². The number of carboxylic acid groups (broad SMARTS) is 1. The monoisotopic (exact) mass is 624 g/mol. The molecule has 2 atom stereocenters. The quantitative estimate of drug-likeness (QED) is 0.0902. The number of ether oxygens (including phenoxy) is 3. The lowest BCUT2D eigenvalue weighted by Gasteiger charge is -2.30. The van der Waals surface area contributed by atoms with Crippen molar-refractivity contribution in [1.82, 2.24) is 5.32 Å². The van der Waals surface area contributed by atoms with Gasteiger partial charge in [-0.2, -0.15) is 0 Å². The van der Waals surface area contributed by atoms with Gasteiger partial charge in [0.2, 0.25) is 0 Å². The van der Waals surface area contributed by atoms with Gasteiger partial charge in [0, 0.05) is 48.1 Å². The molecule has 13 heteroatoms. The van der Waals surface area contributed by atoms with Gasteiger partial charge in [0.05, 0.1) is 34.7 Å². The Labute approximate surface area is 254 Å². The summed E-state index contributed by atoms with van der Waals surface area (Å²) in [5.41, 5.74) is 1.65. The summed E-state index contributed by atoms with van der Waals surface area (Å²) in [7, 11) is 5.40. The fraction of sp³-hybridized carbons (Fsp3) is 0.552. The van der Waals surface area contributed by atoms with Gasteiger partial charge in [0.25, 0.3) is 5.69 Å². The number of nitrogens with zero attached hydrogens (tertiary/aromatic N) is 1. The van der Waals surface area contributed by atoms with Gasteiger partial charge >= 0.3 is 17.9 Å². The van der Waals surface area contributed by atoms with E-state index in [1.165, 1.54) is 43.9 Å². The molecule has 1 saturated heterocycles. The molecule has 1 fully saturated rings. The number of benzene rings is 1. The van der Waals surface area contributed by atoms with E-state index in [9.17, 15) is 24.5 Å². The fourth-order valence-electron chi connectivity index (χ4n) is 4.47. The van der Waals surface area contributed by atoms with Crippen molar-refractivity contribution in [3.8, 4) is 0 Å². The number of esters is 2. The SMILES string of the molecule is COCCOC(=O)C1=C(C)NC(C)=C(C(=O)OC(C)C)C1c1cccc([N+](=O)[O-])c1.O=C(O)CCCCC1CCSS1. The van der Waals surface area contributed by atoms with E-state index < -0.39 is 28.7 Å². The van der Waals surface area contributed by atoms with Gasteiger partial charge in [-0.15, -0.1) is 0 Å². The van der Waals surface area contributed by atoms with Crippen LogP contribution in [0.5, 0.6) is 0 Å². The van der Waals surface area contributed by atoms with Crippen LogP contribution in [0, 0.1) is 10.1 Å². The molecule has 11 nitrogen and oxygen atoms in total. The molecule has 0 aromatic heterocycles. The summed E-state index contributed by atoms with van der Waals surface area (Å²) in [6, 6.07) is 5.84. The number of dihydropyridines is 1. The highest BCUT2D eigenvalue weighted by atomic mass is 33.1. The molecule has 2 aliphatic rings. The molecular formula is C29H40N2O9S2. The Balaban J connectivity index is 0.000000428. The van der Waals surface area contributed by atoms with Crippen LogP contribution in [0.15, 0.2) is 46.8 Å². The van der Waals surface area contributed by atoms with Crippen molar-refractivity contribution >= 4 is 45.2 Å². The average molecular weight is 625 g/mol. The number of hydrogen-bond acceptors (Lipinski definition) is 11. The molecule has 0 radical (unpaired) electrons. The van der Waals surface area contributed by atoms with Crippen molar-refractivity contribution in [3.05, 3.63) is 62.5 Å². The lowest BCUT2D eigenvalue weighted by Crippen LogP contribution is -2.33. The average Bonchev–Trinajstić information content (AvgIpc) is 3.44. The molecule has 42 heavy (non-hydrogen) atoms. The minimum atomic E-state index is -0.882. The zero-order valence-corrected chi connectivity index (χ0v) is 26.3. The Kier molecular flexibility index (Phi) is 14.9. The number of carbonyl (C=O) groups excluding carboxylic acids is 2. The normalized spacial score (nSPS) is 18.2. The number of nitro groups is 1. The van der Waals surface area contributed by atoms with Gasteiger partial charge in [-0.05, 0) is 52.5 Å². The van der Waals surface area contributed by atoms with E-state index in [0.29, 0.717) is 23.4 Å². The Morgan fingerprint density at radius 1 is 1.12 bits per heavy atom. The number of methoxy groups -OCH3 is 1. The molecule has 232 valence electrons. The number of hydrogen-bond donors (Lipinski definition) is 2. The first-order valence-electron chi connectivity index (χ1n) is 13.8.